The standard InChI is InChI=1S/C32H33ClF3N3O3/c1-2-3-17-38(31(41)22-42-27-14-12-26(33)13-15-27)21-30(40)39(20-23-8-10-25(11-9-23)32(34,35)36)18-16-24-19-37-29-7-5-4-6-28(24)29/h4-15,19,37H,2-3,16-18,20-22H2,1H3. The molecule has 0 unspecified atom stereocenters. The Morgan fingerprint density at radius 3 is 2.31 bits per heavy atom. The van der Waals surface area contributed by atoms with Gasteiger partial charge in [-0.2, -0.15) is 13.2 Å². The van der Waals surface area contributed by atoms with Gasteiger partial charge in [0.1, 0.15) is 5.75 Å². The highest BCUT2D eigenvalue weighted by Gasteiger charge is 2.30. The van der Waals surface area contributed by atoms with Gasteiger partial charge in [-0.3, -0.25) is 9.59 Å². The number of alkyl halides is 3. The van der Waals surface area contributed by atoms with E-state index in [1.54, 1.807) is 29.2 Å². The molecule has 0 bridgehead atoms. The third-order valence-electron chi connectivity index (χ3n) is 6.97. The number of hydrogen-bond acceptors (Lipinski definition) is 3. The highest BCUT2D eigenvalue weighted by molar-refractivity contribution is 6.30. The van der Waals surface area contributed by atoms with Crippen LogP contribution in [-0.2, 0) is 28.7 Å². The summed E-state index contributed by atoms with van der Waals surface area (Å²) >= 11 is 5.92. The summed E-state index contributed by atoms with van der Waals surface area (Å²) in [5.41, 5.74) is 1.81. The van der Waals surface area contributed by atoms with Crippen molar-refractivity contribution in [3.63, 3.8) is 0 Å². The molecule has 2 amide bonds. The van der Waals surface area contributed by atoms with Crippen LogP contribution in [0, 0.1) is 0 Å². The van der Waals surface area contributed by atoms with E-state index in [0.29, 0.717) is 42.3 Å². The number of aromatic amines is 1. The van der Waals surface area contributed by atoms with Crippen LogP contribution in [0.4, 0.5) is 13.2 Å². The Morgan fingerprint density at radius 1 is 0.905 bits per heavy atom. The molecule has 1 aromatic heterocycles. The molecule has 4 aromatic rings. The fourth-order valence-electron chi connectivity index (χ4n) is 4.58. The average molecular weight is 600 g/mol. The molecule has 1 N–H and O–H groups in total. The number of nitrogens with zero attached hydrogens (tertiary/aromatic N) is 2. The first-order valence-electron chi connectivity index (χ1n) is 13.8. The van der Waals surface area contributed by atoms with E-state index in [1.165, 1.54) is 17.0 Å². The van der Waals surface area contributed by atoms with Crippen LogP contribution in [-0.4, -0.2) is 52.8 Å². The van der Waals surface area contributed by atoms with Crippen LogP contribution in [0.3, 0.4) is 0 Å². The molecule has 0 saturated carbocycles. The van der Waals surface area contributed by atoms with Gasteiger partial charge in [-0.05, 0) is 66.4 Å². The summed E-state index contributed by atoms with van der Waals surface area (Å²) < 4.78 is 44.9. The molecule has 0 radical (unpaired) electrons. The lowest BCUT2D eigenvalue weighted by Gasteiger charge is -2.28. The van der Waals surface area contributed by atoms with Gasteiger partial charge in [0.15, 0.2) is 6.61 Å². The molecule has 1 heterocycles. The summed E-state index contributed by atoms with van der Waals surface area (Å²) in [6.45, 7) is 2.38. The zero-order valence-electron chi connectivity index (χ0n) is 23.3. The van der Waals surface area contributed by atoms with E-state index in [1.807, 2.05) is 37.4 Å². The van der Waals surface area contributed by atoms with Crippen LogP contribution in [0.15, 0.2) is 79.0 Å². The lowest BCUT2D eigenvalue weighted by atomic mass is 10.1. The first-order valence-corrected chi connectivity index (χ1v) is 14.2. The fourth-order valence-corrected chi connectivity index (χ4v) is 4.70. The second kappa shape index (κ2) is 14.3. The van der Waals surface area contributed by atoms with Crippen molar-refractivity contribution in [2.45, 2.75) is 38.9 Å². The Labute approximate surface area is 248 Å². The zero-order chi connectivity index (χ0) is 30.1. The molecular weight excluding hydrogens is 567 g/mol. The lowest BCUT2D eigenvalue weighted by molar-refractivity contribution is -0.142. The fraction of sp³-hybridized carbons (Fsp3) is 0.312. The maximum Gasteiger partial charge on any atom is 0.416 e. The summed E-state index contributed by atoms with van der Waals surface area (Å²) in [5.74, 6) is -0.152. The maximum atomic E-state index is 13.7. The van der Waals surface area contributed by atoms with Crippen LogP contribution in [0.5, 0.6) is 5.75 Å². The van der Waals surface area contributed by atoms with Gasteiger partial charge in [0.2, 0.25) is 5.91 Å². The number of H-pyrrole nitrogens is 1. The molecule has 4 rings (SSSR count). The Balaban J connectivity index is 1.49. The van der Waals surface area contributed by atoms with Gasteiger partial charge in [0, 0.05) is 41.8 Å². The first-order chi connectivity index (χ1) is 20.1. The minimum absolute atomic E-state index is 0.108. The zero-order valence-corrected chi connectivity index (χ0v) is 24.0. The van der Waals surface area contributed by atoms with Crippen molar-refractivity contribution in [1.82, 2.24) is 14.8 Å². The Kier molecular flexibility index (Phi) is 10.5. The van der Waals surface area contributed by atoms with E-state index in [-0.39, 0.29) is 31.5 Å². The van der Waals surface area contributed by atoms with E-state index in [0.717, 1.165) is 35.0 Å². The SMILES string of the molecule is CCCCN(CC(=O)N(CCc1c[nH]c2ccccc12)Cc1ccc(C(F)(F)F)cc1)C(=O)COc1ccc(Cl)cc1. The van der Waals surface area contributed by atoms with E-state index in [4.69, 9.17) is 16.3 Å². The number of ether oxygens (including phenoxy) is 1. The Bertz CT molecular complexity index is 1470. The molecule has 0 fully saturated rings. The summed E-state index contributed by atoms with van der Waals surface area (Å²) in [5, 5.41) is 1.59. The number of benzene rings is 3. The van der Waals surface area contributed by atoms with Gasteiger partial charge >= 0.3 is 6.18 Å². The van der Waals surface area contributed by atoms with E-state index < -0.39 is 11.7 Å². The number of carbonyl (C=O) groups is 2. The Hall–Kier alpha value is -3.98. The highest BCUT2D eigenvalue weighted by atomic mass is 35.5. The minimum Gasteiger partial charge on any atom is -0.484 e. The molecule has 42 heavy (non-hydrogen) atoms. The summed E-state index contributed by atoms with van der Waals surface area (Å²) in [7, 11) is 0. The van der Waals surface area contributed by atoms with E-state index in [2.05, 4.69) is 4.98 Å². The molecule has 0 saturated heterocycles. The molecule has 0 atom stereocenters. The number of unbranched alkanes of at least 4 members (excludes halogenated alkanes) is 1. The van der Waals surface area contributed by atoms with Gasteiger partial charge < -0.3 is 19.5 Å². The second-order valence-corrected chi connectivity index (χ2v) is 10.5. The molecule has 10 heteroatoms. The van der Waals surface area contributed by atoms with Crippen LogP contribution in [0.25, 0.3) is 10.9 Å². The van der Waals surface area contributed by atoms with Crippen molar-refractivity contribution < 1.29 is 27.5 Å². The number of rotatable bonds is 13. The van der Waals surface area contributed by atoms with Crippen molar-refractivity contribution in [2.24, 2.45) is 0 Å². The van der Waals surface area contributed by atoms with E-state index >= 15 is 0 Å². The molecular formula is C32H33ClF3N3O3. The third-order valence-corrected chi connectivity index (χ3v) is 7.22. The van der Waals surface area contributed by atoms with Gasteiger partial charge in [-0.1, -0.05) is 55.3 Å². The predicted octanol–water partition coefficient (Wildman–Crippen LogP) is 7.12. The summed E-state index contributed by atoms with van der Waals surface area (Å²) in [6.07, 6.45) is -0.493. The van der Waals surface area contributed by atoms with Gasteiger partial charge in [0.05, 0.1) is 12.1 Å². The number of carbonyl (C=O) groups excluding carboxylic acids is 2. The summed E-state index contributed by atoms with van der Waals surface area (Å²) in [6, 6.07) is 19.3. The van der Waals surface area contributed by atoms with Gasteiger partial charge in [0.25, 0.3) is 5.91 Å². The molecule has 3 aromatic carbocycles. The number of fused-ring (bicyclic) bond motifs is 1. The van der Waals surface area contributed by atoms with Crippen LogP contribution < -0.4 is 4.74 Å². The predicted molar refractivity (Wildman–Crippen MR) is 157 cm³/mol. The molecule has 0 aliphatic carbocycles. The average Bonchev–Trinajstić information content (AvgIpc) is 3.39. The number of para-hydroxylation sites is 1. The molecule has 6 nitrogen and oxygen atoms in total. The van der Waals surface area contributed by atoms with Crippen LogP contribution in [0.2, 0.25) is 5.02 Å². The number of amides is 2. The van der Waals surface area contributed by atoms with Crippen LogP contribution >= 0.6 is 11.6 Å². The third kappa shape index (κ3) is 8.52. The number of halogens is 4. The second-order valence-electron chi connectivity index (χ2n) is 10.0. The monoisotopic (exact) mass is 599 g/mol. The molecule has 0 aliphatic heterocycles. The van der Waals surface area contributed by atoms with Crippen LogP contribution in [0.1, 0.15) is 36.5 Å². The normalized spacial score (nSPS) is 11.5. The van der Waals surface area contributed by atoms with Gasteiger partial charge in [-0.25, -0.2) is 0 Å². The van der Waals surface area contributed by atoms with Crippen molar-refractivity contribution in [2.75, 3.05) is 26.2 Å². The maximum absolute atomic E-state index is 13.7. The molecule has 0 spiro atoms. The molecule has 0 aliphatic rings. The smallest absolute Gasteiger partial charge is 0.416 e. The van der Waals surface area contributed by atoms with Gasteiger partial charge in [-0.15, -0.1) is 0 Å². The first kappa shape index (κ1) is 31.0. The van der Waals surface area contributed by atoms with Crippen molar-refractivity contribution in [3.8, 4) is 5.75 Å². The quantitative estimate of drug-likeness (QED) is 0.178. The Morgan fingerprint density at radius 2 is 1.62 bits per heavy atom. The molecule has 222 valence electrons. The topological polar surface area (TPSA) is 65.6 Å². The summed E-state index contributed by atoms with van der Waals surface area (Å²) in [4.78, 5) is 33.1. The van der Waals surface area contributed by atoms with Crippen molar-refractivity contribution in [3.05, 3.63) is 101 Å². The largest absolute Gasteiger partial charge is 0.484 e. The number of hydrogen-bond donors (Lipinski definition) is 1. The lowest BCUT2D eigenvalue weighted by Crippen LogP contribution is -2.45. The van der Waals surface area contributed by atoms with E-state index in [9.17, 15) is 22.8 Å². The minimum atomic E-state index is -4.45. The van der Waals surface area contributed by atoms with Crippen molar-refractivity contribution in [1.29, 1.82) is 0 Å². The number of aromatic nitrogens is 1. The highest BCUT2D eigenvalue weighted by Crippen LogP contribution is 2.29. The van der Waals surface area contributed by atoms with Crippen molar-refractivity contribution >= 4 is 34.3 Å². The number of nitrogens with one attached hydrogen (secondary N) is 1.